The first kappa shape index (κ1) is 14.0. The quantitative estimate of drug-likeness (QED) is 0.853. The van der Waals surface area contributed by atoms with Crippen molar-refractivity contribution < 1.29 is 4.74 Å². The van der Waals surface area contributed by atoms with Gasteiger partial charge in [-0.25, -0.2) is 4.98 Å². The van der Waals surface area contributed by atoms with E-state index in [9.17, 15) is 0 Å². The zero-order valence-corrected chi connectivity index (χ0v) is 12.2. The summed E-state index contributed by atoms with van der Waals surface area (Å²) in [6.45, 7) is 2.47. The standard InChI is InChI=1S/C14H14Cl2N2O/c1-9-6-10(7-18-14(9)16)17-8-11-12(15)4-3-5-13(11)19-2/h3-7,17H,8H2,1-2H3. The molecule has 0 saturated heterocycles. The number of methoxy groups -OCH3 is 1. The molecule has 5 heteroatoms. The molecule has 3 nitrogen and oxygen atoms in total. The first-order chi connectivity index (χ1) is 9.11. The average molecular weight is 297 g/mol. The number of aromatic nitrogens is 1. The van der Waals surface area contributed by atoms with Crippen molar-refractivity contribution >= 4 is 28.9 Å². The molecule has 0 spiro atoms. The molecule has 1 aromatic heterocycles. The summed E-state index contributed by atoms with van der Waals surface area (Å²) in [4.78, 5) is 4.09. The van der Waals surface area contributed by atoms with E-state index in [4.69, 9.17) is 27.9 Å². The smallest absolute Gasteiger partial charge is 0.132 e. The van der Waals surface area contributed by atoms with E-state index in [0.29, 0.717) is 16.7 Å². The lowest BCUT2D eigenvalue weighted by atomic mass is 10.2. The minimum atomic E-state index is 0.515. The lowest BCUT2D eigenvalue weighted by Gasteiger charge is -2.12. The topological polar surface area (TPSA) is 34.1 Å². The molecule has 0 aliphatic heterocycles. The SMILES string of the molecule is COc1cccc(Cl)c1CNc1cnc(Cl)c(C)c1. The number of hydrogen-bond donors (Lipinski definition) is 1. The van der Waals surface area contributed by atoms with E-state index >= 15 is 0 Å². The summed E-state index contributed by atoms with van der Waals surface area (Å²) in [5.74, 6) is 0.763. The van der Waals surface area contributed by atoms with Crippen LogP contribution in [-0.2, 0) is 6.54 Å². The average Bonchev–Trinajstić information content (AvgIpc) is 2.41. The molecular weight excluding hydrogens is 283 g/mol. The highest BCUT2D eigenvalue weighted by molar-refractivity contribution is 6.31. The molecule has 0 atom stereocenters. The van der Waals surface area contributed by atoms with Crippen LogP contribution in [0, 0.1) is 6.92 Å². The summed E-state index contributed by atoms with van der Waals surface area (Å²) in [7, 11) is 1.63. The number of nitrogens with zero attached hydrogens (tertiary/aromatic N) is 1. The summed E-state index contributed by atoms with van der Waals surface area (Å²) in [5.41, 5.74) is 2.74. The number of hydrogen-bond acceptors (Lipinski definition) is 3. The molecule has 2 aromatic rings. The number of pyridine rings is 1. The van der Waals surface area contributed by atoms with Crippen molar-refractivity contribution in [3.63, 3.8) is 0 Å². The Labute approximate surface area is 122 Å². The highest BCUT2D eigenvalue weighted by Gasteiger charge is 2.07. The van der Waals surface area contributed by atoms with Crippen LogP contribution in [0.4, 0.5) is 5.69 Å². The zero-order valence-electron chi connectivity index (χ0n) is 10.7. The van der Waals surface area contributed by atoms with Crippen molar-refractivity contribution in [2.24, 2.45) is 0 Å². The number of ether oxygens (including phenoxy) is 1. The Hall–Kier alpha value is -1.45. The van der Waals surface area contributed by atoms with Gasteiger partial charge in [0.25, 0.3) is 0 Å². The fourth-order valence-corrected chi connectivity index (χ4v) is 2.08. The third kappa shape index (κ3) is 3.31. The van der Waals surface area contributed by atoms with Crippen molar-refractivity contribution in [3.8, 4) is 5.75 Å². The fraction of sp³-hybridized carbons (Fsp3) is 0.214. The summed E-state index contributed by atoms with van der Waals surface area (Å²) in [6, 6.07) is 7.53. The monoisotopic (exact) mass is 296 g/mol. The first-order valence-corrected chi connectivity index (χ1v) is 6.55. The highest BCUT2D eigenvalue weighted by Crippen LogP contribution is 2.27. The van der Waals surface area contributed by atoms with E-state index in [0.717, 1.165) is 22.6 Å². The van der Waals surface area contributed by atoms with Crippen LogP contribution in [0.5, 0.6) is 5.75 Å². The van der Waals surface area contributed by atoms with Crippen LogP contribution in [0.15, 0.2) is 30.5 Å². The molecule has 0 amide bonds. The van der Waals surface area contributed by atoms with Crippen LogP contribution < -0.4 is 10.1 Å². The van der Waals surface area contributed by atoms with Crippen LogP contribution in [0.2, 0.25) is 10.2 Å². The van der Waals surface area contributed by atoms with Gasteiger partial charge in [0, 0.05) is 17.1 Å². The lowest BCUT2D eigenvalue weighted by Crippen LogP contribution is -2.03. The molecule has 0 aliphatic rings. The van der Waals surface area contributed by atoms with Crippen LogP contribution in [-0.4, -0.2) is 12.1 Å². The van der Waals surface area contributed by atoms with Gasteiger partial charge >= 0.3 is 0 Å². The number of benzene rings is 1. The Kier molecular flexibility index (Phi) is 4.51. The van der Waals surface area contributed by atoms with E-state index in [-0.39, 0.29) is 0 Å². The molecule has 2 rings (SSSR count). The van der Waals surface area contributed by atoms with Crippen molar-refractivity contribution in [3.05, 3.63) is 51.8 Å². The van der Waals surface area contributed by atoms with Gasteiger partial charge in [0.2, 0.25) is 0 Å². The molecule has 0 unspecified atom stereocenters. The van der Waals surface area contributed by atoms with Crippen molar-refractivity contribution in [2.45, 2.75) is 13.5 Å². The van der Waals surface area contributed by atoms with Gasteiger partial charge in [0.1, 0.15) is 10.9 Å². The molecule has 1 heterocycles. The second-order valence-corrected chi connectivity index (χ2v) is 4.87. The molecule has 0 fully saturated rings. The number of nitrogens with one attached hydrogen (secondary N) is 1. The van der Waals surface area contributed by atoms with E-state index in [1.807, 2.05) is 31.2 Å². The van der Waals surface area contributed by atoms with Crippen molar-refractivity contribution in [1.29, 1.82) is 0 Å². The van der Waals surface area contributed by atoms with Crippen molar-refractivity contribution in [2.75, 3.05) is 12.4 Å². The van der Waals surface area contributed by atoms with Gasteiger partial charge in [-0.1, -0.05) is 29.3 Å². The van der Waals surface area contributed by atoms with Gasteiger partial charge < -0.3 is 10.1 Å². The molecule has 1 aromatic carbocycles. The van der Waals surface area contributed by atoms with Crippen LogP contribution in [0.3, 0.4) is 0 Å². The number of anilines is 1. The van der Waals surface area contributed by atoms with E-state index in [1.165, 1.54) is 0 Å². The van der Waals surface area contributed by atoms with Crippen LogP contribution in [0.1, 0.15) is 11.1 Å². The van der Waals surface area contributed by atoms with Crippen LogP contribution >= 0.6 is 23.2 Å². The fourth-order valence-electron chi connectivity index (χ4n) is 1.75. The number of aryl methyl sites for hydroxylation is 1. The Morgan fingerprint density at radius 2 is 2.11 bits per heavy atom. The largest absolute Gasteiger partial charge is 0.496 e. The van der Waals surface area contributed by atoms with Crippen LogP contribution in [0.25, 0.3) is 0 Å². The number of halogens is 2. The third-order valence-corrected chi connectivity index (χ3v) is 3.53. The van der Waals surface area contributed by atoms with Crippen molar-refractivity contribution in [1.82, 2.24) is 4.98 Å². The second kappa shape index (κ2) is 6.13. The van der Waals surface area contributed by atoms with Gasteiger partial charge in [-0.3, -0.25) is 0 Å². The molecule has 0 saturated carbocycles. The van der Waals surface area contributed by atoms with Gasteiger partial charge in [-0.05, 0) is 30.7 Å². The lowest BCUT2D eigenvalue weighted by molar-refractivity contribution is 0.410. The van der Waals surface area contributed by atoms with Gasteiger partial charge in [0.15, 0.2) is 0 Å². The zero-order chi connectivity index (χ0) is 13.8. The Bertz CT molecular complexity index is 588. The maximum absolute atomic E-state index is 6.17. The Morgan fingerprint density at radius 3 is 2.79 bits per heavy atom. The van der Waals surface area contributed by atoms with E-state index < -0.39 is 0 Å². The molecular formula is C14H14Cl2N2O. The maximum atomic E-state index is 6.17. The molecule has 0 bridgehead atoms. The highest BCUT2D eigenvalue weighted by atomic mass is 35.5. The van der Waals surface area contributed by atoms with E-state index in [1.54, 1.807) is 13.3 Å². The number of rotatable bonds is 4. The summed E-state index contributed by atoms with van der Waals surface area (Å²) >= 11 is 12.1. The first-order valence-electron chi connectivity index (χ1n) is 5.79. The second-order valence-electron chi connectivity index (χ2n) is 4.11. The van der Waals surface area contributed by atoms with Gasteiger partial charge in [0.05, 0.1) is 19.0 Å². The molecule has 0 radical (unpaired) electrons. The molecule has 1 N–H and O–H groups in total. The summed E-state index contributed by atoms with van der Waals surface area (Å²) in [6.07, 6.45) is 1.69. The Morgan fingerprint density at radius 1 is 1.32 bits per heavy atom. The summed E-state index contributed by atoms with van der Waals surface area (Å²) < 4.78 is 5.30. The molecule has 0 aliphatic carbocycles. The van der Waals surface area contributed by atoms with Gasteiger partial charge in [-0.2, -0.15) is 0 Å². The minimum absolute atomic E-state index is 0.515. The molecule has 19 heavy (non-hydrogen) atoms. The maximum Gasteiger partial charge on any atom is 0.132 e. The summed E-state index contributed by atoms with van der Waals surface area (Å²) in [5, 5.41) is 4.45. The Balaban J connectivity index is 2.16. The van der Waals surface area contributed by atoms with Gasteiger partial charge in [-0.15, -0.1) is 0 Å². The predicted octanol–water partition coefficient (Wildman–Crippen LogP) is 4.32. The predicted molar refractivity (Wildman–Crippen MR) is 79.3 cm³/mol. The third-order valence-electron chi connectivity index (χ3n) is 2.78. The minimum Gasteiger partial charge on any atom is -0.496 e. The molecule has 100 valence electrons. The van der Waals surface area contributed by atoms with E-state index in [2.05, 4.69) is 10.3 Å². The normalized spacial score (nSPS) is 10.3.